The van der Waals surface area contributed by atoms with Gasteiger partial charge < -0.3 is 20.5 Å². The Hall–Kier alpha value is -1.40. The molecule has 0 amide bonds. The van der Waals surface area contributed by atoms with E-state index in [1.54, 1.807) is 19.9 Å². The minimum absolute atomic E-state index is 0.148. The van der Waals surface area contributed by atoms with Crippen LogP contribution in [0.25, 0.3) is 0 Å². The third kappa shape index (κ3) is 2.88. The molecular weight excluding hydrogens is 232 g/mol. The molecule has 18 heavy (non-hydrogen) atoms. The lowest BCUT2D eigenvalue weighted by Gasteiger charge is -2.31. The predicted molar refractivity (Wildman–Crippen MR) is 69.3 cm³/mol. The Bertz CT molecular complexity index is 431. The van der Waals surface area contributed by atoms with Crippen LogP contribution < -0.4 is 10.6 Å². The van der Waals surface area contributed by atoms with Crippen molar-refractivity contribution in [2.75, 3.05) is 30.3 Å². The Balaban J connectivity index is 2.30. The van der Waals surface area contributed by atoms with E-state index < -0.39 is 5.60 Å². The number of hydrogen-bond donors (Lipinski definition) is 2. The molecule has 0 bridgehead atoms. The van der Waals surface area contributed by atoms with Crippen LogP contribution in [0.5, 0.6) is 0 Å². The first kappa shape index (κ1) is 13.0. The number of nitrogen functional groups attached to an aromatic ring is 1. The highest BCUT2D eigenvalue weighted by molar-refractivity contribution is 5.42. The van der Waals surface area contributed by atoms with E-state index in [0.29, 0.717) is 24.1 Å². The van der Waals surface area contributed by atoms with Gasteiger partial charge in [0, 0.05) is 19.2 Å². The van der Waals surface area contributed by atoms with Crippen molar-refractivity contribution in [1.82, 2.24) is 9.97 Å². The monoisotopic (exact) mass is 252 g/mol. The van der Waals surface area contributed by atoms with E-state index in [1.807, 2.05) is 11.8 Å². The molecule has 1 saturated heterocycles. The quantitative estimate of drug-likeness (QED) is 0.798. The van der Waals surface area contributed by atoms with Gasteiger partial charge in [-0.05, 0) is 20.8 Å². The Morgan fingerprint density at radius 3 is 2.83 bits per heavy atom. The van der Waals surface area contributed by atoms with Crippen molar-refractivity contribution >= 4 is 11.8 Å². The summed E-state index contributed by atoms with van der Waals surface area (Å²) in [7, 11) is 0. The molecule has 6 heteroatoms. The minimum atomic E-state index is -1.02. The summed E-state index contributed by atoms with van der Waals surface area (Å²) in [4.78, 5) is 10.7. The molecule has 6 nitrogen and oxygen atoms in total. The maximum Gasteiger partial charge on any atom is 0.227 e. The van der Waals surface area contributed by atoms with Gasteiger partial charge in [-0.3, -0.25) is 0 Å². The van der Waals surface area contributed by atoms with Crippen molar-refractivity contribution in [2.24, 2.45) is 0 Å². The zero-order valence-corrected chi connectivity index (χ0v) is 11.1. The molecular formula is C12H20N4O2. The molecule has 100 valence electrons. The first-order chi connectivity index (χ1) is 8.36. The van der Waals surface area contributed by atoms with Crippen LogP contribution in [-0.4, -0.2) is 40.9 Å². The van der Waals surface area contributed by atoms with Gasteiger partial charge >= 0.3 is 0 Å². The van der Waals surface area contributed by atoms with Gasteiger partial charge in [0.05, 0.1) is 18.4 Å². The van der Waals surface area contributed by atoms with Gasteiger partial charge in [-0.15, -0.1) is 0 Å². The highest BCUT2D eigenvalue weighted by atomic mass is 16.5. The van der Waals surface area contributed by atoms with E-state index in [-0.39, 0.29) is 6.10 Å². The Morgan fingerprint density at radius 2 is 2.22 bits per heavy atom. The lowest BCUT2D eigenvalue weighted by Crippen LogP contribution is -2.42. The van der Waals surface area contributed by atoms with E-state index in [4.69, 9.17) is 10.5 Å². The number of rotatable bonds is 2. The van der Waals surface area contributed by atoms with Crippen LogP contribution in [0, 0.1) is 0 Å². The number of aromatic nitrogens is 2. The fraction of sp³-hybridized carbons (Fsp3) is 0.667. The predicted octanol–water partition coefficient (Wildman–Crippen LogP) is 0.511. The third-order valence-corrected chi connectivity index (χ3v) is 2.88. The summed E-state index contributed by atoms with van der Waals surface area (Å²) in [5.74, 6) is 0.929. The highest BCUT2D eigenvalue weighted by Gasteiger charge is 2.23. The SMILES string of the molecule is CC1CN(c2nc(N)cc(C(C)(C)O)n2)CCO1. The summed E-state index contributed by atoms with van der Waals surface area (Å²) in [5, 5.41) is 10.00. The third-order valence-electron chi connectivity index (χ3n) is 2.88. The van der Waals surface area contributed by atoms with Gasteiger partial charge in [-0.1, -0.05) is 0 Å². The maximum atomic E-state index is 10.00. The van der Waals surface area contributed by atoms with E-state index in [9.17, 15) is 5.11 Å². The van der Waals surface area contributed by atoms with Crippen LogP contribution in [0.1, 0.15) is 26.5 Å². The molecule has 0 spiro atoms. The molecule has 1 fully saturated rings. The highest BCUT2D eigenvalue weighted by Crippen LogP contribution is 2.22. The molecule has 0 aromatic carbocycles. The summed E-state index contributed by atoms with van der Waals surface area (Å²) < 4.78 is 5.48. The number of morpholine rings is 1. The van der Waals surface area contributed by atoms with Gasteiger partial charge in [0.25, 0.3) is 0 Å². The molecule has 1 atom stereocenters. The number of nitrogens with two attached hydrogens (primary N) is 1. The fourth-order valence-electron chi connectivity index (χ4n) is 1.91. The Kier molecular flexibility index (Phi) is 3.41. The van der Waals surface area contributed by atoms with Crippen molar-refractivity contribution in [3.8, 4) is 0 Å². The average molecular weight is 252 g/mol. The normalized spacial score (nSPS) is 21.1. The average Bonchev–Trinajstić information content (AvgIpc) is 2.27. The Labute approximate surface area is 107 Å². The van der Waals surface area contributed by atoms with Gasteiger partial charge in [0.1, 0.15) is 11.4 Å². The summed E-state index contributed by atoms with van der Waals surface area (Å²) in [6.07, 6.45) is 0.148. The summed E-state index contributed by atoms with van der Waals surface area (Å²) in [5.41, 5.74) is 5.28. The van der Waals surface area contributed by atoms with Crippen LogP contribution in [-0.2, 0) is 10.3 Å². The molecule has 1 aromatic rings. The largest absolute Gasteiger partial charge is 0.384 e. The summed E-state index contributed by atoms with van der Waals surface area (Å²) in [6.45, 7) is 7.49. The first-order valence-electron chi connectivity index (χ1n) is 6.10. The second-order valence-corrected chi connectivity index (χ2v) is 5.16. The molecule has 0 radical (unpaired) electrons. The Morgan fingerprint density at radius 1 is 1.50 bits per heavy atom. The van der Waals surface area contributed by atoms with E-state index in [2.05, 4.69) is 9.97 Å². The molecule has 2 rings (SSSR count). The molecule has 3 N–H and O–H groups in total. The number of hydrogen-bond acceptors (Lipinski definition) is 6. The van der Waals surface area contributed by atoms with Crippen LogP contribution in [0.4, 0.5) is 11.8 Å². The van der Waals surface area contributed by atoms with Gasteiger partial charge in [0.2, 0.25) is 5.95 Å². The summed E-state index contributed by atoms with van der Waals surface area (Å²) in [6, 6.07) is 1.60. The summed E-state index contributed by atoms with van der Waals surface area (Å²) >= 11 is 0. The molecule has 1 unspecified atom stereocenters. The van der Waals surface area contributed by atoms with Crippen molar-refractivity contribution < 1.29 is 9.84 Å². The van der Waals surface area contributed by atoms with Crippen LogP contribution >= 0.6 is 0 Å². The lowest BCUT2D eigenvalue weighted by molar-refractivity contribution is 0.0523. The van der Waals surface area contributed by atoms with E-state index in [1.165, 1.54) is 0 Å². The zero-order chi connectivity index (χ0) is 13.3. The van der Waals surface area contributed by atoms with Crippen molar-refractivity contribution in [3.05, 3.63) is 11.8 Å². The molecule has 1 aromatic heterocycles. The van der Waals surface area contributed by atoms with E-state index >= 15 is 0 Å². The standard InChI is InChI=1S/C12H20N4O2/c1-8-7-16(4-5-18-8)11-14-9(12(2,3)17)6-10(13)15-11/h6,8,17H,4-5,7H2,1-3H3,(H2,13,14,15). The second-order valence-electron chi connectivity index (χ2n) is 5.16. The molecule has 2 heterocycles. The smallest absolute Gasteiger partial charge is 0.227 e. The number of nitrogens with zero attached hydrogens (tertiary/aromatic N) is 3. The number of aliphatic hydroxyl groups is 1. The second kappa shape index (κ2) is 4.70. The van der Waals surface area contributed by atoms with Crippen molar-refractivity contribution in [1.29, 1.82) is 0 Å². The maximum absolute atomic E-state index is 10.00. The van der Waals surface area contributed by atoms with E-state index in [0.717, 1.165) is 13.1 Å². The molecule has 1 aliphatic rings. The van der Waals surface area contributed by atoms with Crippen molar-refractivity contribution in [3.63, 3.8) is 0 Å². The zero-order valence-electron chi connectivity index (χ0n) is 11.1. The fourth-order valence-corrected chi connectivity index (χ4v) is 1.91. The molecule has 1 aliphatic heterocycles. The van der Waals surface area contributed by atoms with Gasteiger partial charge in [-0.2, -0.15) is 4.98 Å². The van der Waals surface area contributed by atoms with Crippen LogP contribution in [0.15, 0.2) is 6.07 Å². The minimum Gasteiger partial charge on any atom is -0.384 e. The lowest BCUT2D eigenvalue weighted by atomic mass is 10.1. The topological polar surface area (TPSA) is 84.5 Å². The van der Waals surface area contributed by atoms with Crippen LogP contribution in [0.3, 0.4) is 0 Å². The van der Waals surface area contributed by atoms with Gasteiger partial charge in [0.15, 0.2) is 0 Å². The van der Waals surface area contributed by atoms with Gasteiger partial charge in [-0.25, -0.2) is 4.98 Å². The van der Waals surface area contributed by atoms with Crippen LogP contribution in [0.2, 0.25) is 0 Å². The van der Waals surface area contributed by atoms with Crippen molar-refractivity contribution in [2.45, 2.75) is 32.5 Å². The molecule has 0 saturated carbocycles. The number of anilines is 2. The first-order valence-corrected chi connectivity index (χ1v) is 6.10. The molecule has 0 aliphatic carbocycles. The number of ether oxygens (including phenoxy) is 1.